The Hall–Kier alpha value is -6.78. The van der Waals surface area contributed by atoms with Crippen molar-refractivity contribution in [3.05, 3.63) is 182 Å². The number of nitrogens with zero attached hydrogens (tertiary/aromatic N) is 4. The van der Waals surface area contributed by atoms with Crippen molar-refractivity contribution in [2.24, 2.45) is 0 Å². The molecule has 9 aromatic rings. The summed E-state index contributed by atoms with van der Waals surface area (Å²) >= 11 is 0. The van der Waals surface area contributed by atoms with Crippen LogP contribution in [-0.2, 0) is 0 Å². The maximum absolute atomic E-state index is 5.21. The molecule has 0 aliphatic carbocycles. The Bertz CT molecular complexity index is 2620. The minimum absolute atomic E-state index is 0.658. The van der Waals surface area contributed by atoms with Gasteiger partial charge in [-0.15, -0.1) is 0 Å². The van der Waals surface area contributed by atoms with Gasteiger partial charge in [0, 0.05) is 38.6 Å². The van der Waals surface area contributed by atoms with E-state index in [4.69, 9.17) is 19.9 Å². The Morgan fingerprint density at radius 3 is 1.52 bits per heavy atom. The van der Waals surface area contributed by atoms with Crippen LogP contribution in [-0.4, -0.2) is 19.9 Å². The number of rotatable bonds is 6. The Kier molecular flexibility index (Phi) is 7.45. The van der Waals surface area contributed by atoms with Crippen LogP contribution in [0.15, 0.2) is 182 Å². The van der Waals surface area contributed by atoms with E-state index < -0.39 is 0 Å². The first kappa shape index (κ1) is 29.4. The molecule has 4 heteroatoms. The van der Waals surface area contributed by atoms with E-state index in [-0.39, 0.29) is 0 Å². The van der Waals surface area contributed by atoms with Crippen LogP contribution in [0.25, 0.3) is 89.4 Å². The van der Waals surface area contributed by atoms with Gasteiger partial charge in [0.2, 0.25) is 0 Å². The van der Waals surface area contributed by atoms with Crippen LogP contribution in [0.2, 0.25) is 0 Å². The minimum Gasteiger partial charge on any atom is -0.228 e. The average molecular weight is 639 g/mol. The number of aromatic nitrogens is 4. The Morgan fingerprint density at radius 1 is 0.280 bits per heavy atom. The summed E-state index contributed by atoms with van der Waals surface area (Å²) in [5.74, 6) is 1.35. The van der Waals surface area contributed by atoms with Crippen LogP contribution in [0.3, 0.4) is 0 Å². The summed E-state index contributed by atoms with van der Waals surface area (Å²) < 4.78 is 0. The molecule has 0 aliphatic rings. The second-order valence-corrected chi connectivity index (χ2v) is 12.3. The van der Waals surface area contributed by atoms with Crippen molar-refractivity contribution in [2.75, 3.05) is 0 Å². The van der Waals surface area contributed by atoms with Crippen LogP contribution >= 0.6 is 0 Å². The normalized spacial score (nSPS) is 11.2. The highest BCUT2D eigenvalue weighted by atomic mass is 14.9. The summed E-state index contributed by atoms with van der Waals surface area (Å²) in [5, 5.41) is 3.11. The summed E-state index contributed by atoms with van der Waals surface area (Å²) in [6, 6.07) is 62.7. The maximum Gasteiger partial charge on any atom is 0.160 e. The van der Waals surface area contributed by atoms with E-state index in [1.54, 1.807) is 0 Å². The predicted molar refractivity (Wildman–Crippen MR) is 205 cm³/mol. The fraction of sp³-hybridized carbons (Fsp3) is 0. The number of fused-ring (bicyclic) bond motifs is 3. The third kappa shape index (κ3) is 5.59. The summed E-state index contributed by atoms with van der Waals surface area (Å²) in [5.41, 5.74) is 10.9. The topological polar surface area (TPSA) is 51.6 Å². The zero-order valence-electron chi connectivity index (χ0n) is 27.1. The fourth-order valence-electron chi connectivity index (χ4n) is 6.55. The molecule has 0 unspecified atom stereocenters. The molecular formula is C46H30N4. The number of hydrogen-bond donors (Lipinski definition) is 0. The molecule has 0 bridgehead atoms. The molecule has 9 rings (SSSR count). The van der Waals surface area contributed by atoms with Gasteiger partial charge in [-0.1, -0.05) is 158 Å². The van der Waals surface area contributed by atoms with Gasteiger partial charge in [0.15, 0.2) is 11.6 Å². The SMILES string of the molecule is c1ccc(-c2cccc(-c3cc(-c4ccccc4)nc(-c4ccc5ccc6c(-c7ccccc7)nc(-c7ccccc7)nc6c5c4)n3)c2)cc1. The van der Waals surface area contributed by atoms with E-state index in [1.165, 1.54) is 5.56 Å². The Labute approximate surface area is 290 Å². The summed E-state index contributed by atoms with van der Waals surface area (Å²) in [7, 11) is 0. The van der Waals surface area contributed by atoms with E-state index in [0.29, 0.717) is 11.6 Å². The Morgan fingerprint density at radius 2 is 0.820 bits per heavy atom. The summed E-state index contributed by atoms with van der Waals surface area (Å²) in [4.78, 5) is 20.7. The van der Waals surface area contributed by atoms with E-state index in [0.717, 1.165) is 72.1 Å². The quantitative estimate of drug-likeness (QED) is 0.170. The predicted octanol–water partition coefficient (Wildman–Crippen LogP) is 11.6. The highest BCUT2D eigenvalue weighted by Crippen LogP contribution is 2.36. The number of benzene rings is 7. The van der Waals surface area contributed by atoms with Gasteiger partial charge in [0.05, 0.1) is 22.6 Å². The monoisotopic (exact) mass is 638 g/mol. The van der Waals surface area contributed by atoms with Crippen molar-refractivity contribution in [3.63, 3.8) is 0 Å². The second-order valence-electron chi connectivity index (χ2n) is 12.3. The first-order chi connectivity index (χ1) is 24.8. The molecule has 0 spiro atoms. The molecule has 0 N–H and O–H groups in total. The van der Waals surface area contributed by atoms with Gasteiger partial charge in [-0.05, 0) is 40.8 Å². The Balaban J connectivity index is 1.26. The fourth-order valence-corrected chi connectivity index (χ4v) is 6.55. The van der Waals surface area contributed by atoms with Crippen LogP contribution in [0, 0.1) is 0 Å². The molecule has 50 heavy (non-hydrogen) atoms. The lowest BCUT2D eigenvalue weighted by Crippen LogP contribution is -1.97. The van der Waals surface area contributed by atoms with Crippen molar-refractivity contribution in [1.29, 1.82) is 0 Å². The van der Waals surface area contributed by atoms with Crippen molar-refractivity contribution in [3.8, 4) is 67.7 Å². The van der Waals surface area contributed by atoms with E-state index in [2.05, 4.69) is 133 Å². The molecule has 0 atom stereocenters. The first-order valence-corrected chi connectivity index (χ1v) is 16.7. The van der Waals surface area contributed by atoms with Crippen molar-refractivity contribution < 1.29 is 0 Å². The van der Waals surface area contributed by atoms with Crippen molar-refractivity contribution in [2.45, 2.75) is 0 Å². The van der Waals surface area contributed by atoms with Gasteiger partial charge in [-0.3, -0.25) is 0 Å². The molecule has 4 nitrogen and oxygen atoms in total. The molecule has 0 amide bonds. The van der Waals surface area contributed by atoms with Gasteiger partial charge in [0.1, 0.15) is 0 Å². The van der Waals surface area contributed by atoms with Crippen LogP contribution in [0.4, 0.5) is 0 Å². The lowest BCUT2D eigenvalue weighted by Gasteiger charge is -2.13. The third-order valence-corrected chi connectivity index (χ3v) is 9.08. The second kappa shape index (κ2) is 12.7. The van der Waals surface area contributed by atoms with Crippen LogP contribution in [0.5, 0.6) is 0 Å². The molecule has 2 heterocycles. The van der Waals surface area contributed by atoms with Gasteiger partial charge < -0.3 is 0 Å². The molecule has 0 aliphatic heterocycles. The first-order valence-electron chi connectivity index (χ1n) is 16.7. The molecule has 7 aromatic carbocycles. The van der Waals surface area contributed by atoms with Gasteiger partial charge in [-0.2, -0.15) is 0 Å². The highest BCUT2D eigenvalue weighted by Gasteiger charge is 2.16. The number of hydrogen-bond acceptors (Lipinski definition) is 4. The van der Waals surface area contributed by atoms with Crippen molar-refractivity contribution >= 4 is 21.7 Å². The molecule has 2 aromatic heterocycles. The van der Waals surface area contributed by atoms with E-state index >= 15 is 0 Å². The zero-order valence-corrected chi connectivity index (χ0v) is 27.1. The molecule has 234 valence electrons. The molecule has 0 saturated heterocycles. The molecule has 0 saturated carbocycles. The van der Waals surface area contributed by atoms with E-state index in [1.807, 2.05) is 48.5 Å². The lowest BCUT2D eigenvalue weighted by atomic mass is 9.99. The molecule has 0 radical (unpaired) electrons. The smallest absolute Gasteiger partial charge is 0.160 e. The van der Waals surface area contributed by atoms with E-state index in [9.17, 15) is 0 Å². The third-order valence-electron chi connectivity index (χ3n) is 9.08. The van der Waals surface area contributed by atoms with Gasteiger partial charge >= 0.3 is 0 Å². The van der Waals surface area contributed by atoms with Crippen LogP contribution in [0.1, 0.15) is 0 Å². The molecular weight excluding hydrogens is 609 g/mol. The summed E-state index contributed by atoms with van der Waals surface area (Å²) in [6.45, 7) is 0. The largest absolute Gasteiger partial charge is 0.228 e. The minimum atomic E-state index is 0.658. The van der Waals surface area contributed by atoms with Gasteiger partial charge in [-0.25, -0.2) is 19.9 Å². The zero-order chi connectivity index (χ0) is 33.3. The molecule has 0 fully saturated rings. The van der Waals surface area contributed by atoms with Gasteiger partial charge in [0.25, 0.3) is 0 Å². The standard InChI is InChI=1S/C46H30N4/c1-5-14-31(15-6-1)36-22-13-23-37(28-36)42-30-41(33-16-7-2-8-17-33)47-46(48-42)38-25-24-32-26-27-39-43(34-18-9-3-10-19-34)49-45(35-20-11-4-12-21-35)50-44(39)40(32)29-38/h1-30H. The average Bonchev–Trinajstić information content (AvgIpc) is 3.21. The lowest BCUT2D eigenvalue weighted by molar-refractivity contribution is 1.18. The van der Waals surface area contributed by atoms with Crippen LogP contribution < -0.4 is 0 Å². The van der Waals surface area contributed by atoms with Crippen molar-refractivity contribution in [1.82, 2.24) is 19.9 Å². The highest BCUT2D eigenvalue weighted by molar-refractivity contribution is 6.10. The maximum atomic E-state index is 5.21. The summed E-state index contributed by atoms with van der Waals surface area (Å²) in [6.07, 6.45) is 0.